The van der Waals surface area contributed by atoms with E-state index in [0.29, 0.717) is 17.3 Å². The Hall–Kier alpha value is -1.69. The molecule has 8 nitrogen and oxygen atoms in total. The van der Waals surface area contributed by atoms with Gasteiger partial charge in [-0.25, -0.2) is 8.42 Å². The highest BCUT2D eigenvalue weighted by atomic mass is 32.2. The van der Waals surface area contributed by atoms with E-state index < -0.39 is 22.0 Å². The molecule has 0 saturated carbocycles. The Morgan fingerprint density at radius 3 is 2.50 bits per heavy atom. The van der Waals surface area contributed by atoms with Gasteiger partial charge in [0.1, 0.15) is 11.8 Å². The molecule has 0 aliphatic rings. The standard InChI is InChI=1S/C17H24N4O4S3/c1-5-26-17-20-19-16(27-17)18-15(22)14(10-11(2)3)21-28(23,24)13-8-6-12(25-4)7-9-13/h6-9,11,14,21H,5,10H2,1-4H3,(H,18,19,22)/t14-/m1/s1. The van der Waals surface area contributed by atoms with E-state index in [1.807, 2.05) is 20.8 Å². The molecule has 0 unspecified atom stereocenters. The van der Waals surface area contributed by atoms with Crippen molar-refractivity contribution in [2.24, 2.45) is 5.92 Å². The molecule has 0 fully saturated rings. The third-order valence-corrected chi connectivity index (χ3v) is 6.94. The number of carbonyl (C=O) groups excluding carboxylic acids is 1. The first-order valence-corrected chi connectivity index (χ1v) is 12.0. The van der Waals surface area contributed by atoms with Crippen molar-refractivity contribution in [3.63, 3.8) is 0 Å². The minimum Gasteiger partial charge on any atom is -0.497 e. The number of rotatable bonds is 10. The molecule has 1 heterocycles. The van der Waals surface area contributed by atoms with E-state index in [-0.39, 0.29) is 10.8 Å². The number of methoxy groups -OCH3 is 1. The van der Waals surface area contributed by atoms with Gasteiger partial charge in [0.05, 0.1) is 12.0 Å². The normalized spacial score (nSPS) is 12.8. The second-order valence-electron chi connectivity index (χ2n) is 6.27. The second-order valence-corrected chi connectivity index (χ2v) is 10.5. The molecule has 1 aromatic carbocycles. The summed E-state index contributed by atoms with van der Waals surface area (Å²) in [7, 11) is -2.37. The average Bonchev–Trinajstić information content (AvgIpc) is 3.08. The Bertz CT molecular complexity index is 882. The zero-order valence-electron chi connectivity index (χ0n) is 16.1. The van der Waals surface area contributed by atoms with Crippen molar-refractivity contribution in [3.05, 3.63) is 24.3 Å². The topological polar surface area (TPSA) is 110 Å². The molecule has 0 aliphatic heterocycles. The molecule has 11 heteroatoms. The molecular formula is C17H24N4O4S3. The van der Waals surface area contributed by atoms with Crippen LogP contribution in [0.2, 0.25) is 0 Å². The van der Waals surface area contributed by atoms with Gasteiger partial charge in [0, 0.05) is 0 Å². The number of nitrogens with zero attached hydrogens (tertiary/aromatic N) is 2. The molecule has 0 spiro atoms. The molecule has 1 amide bonds. The number of amides is 1. The molecule has 1 aromatic heterocycles. The van der Waals surface area contributed by atoms with E-state index in [4.69, 9.17) is 4.74 Å². The first-order chi connectivity index (χ1) is 13.2. The molecule has 2 aromatic rings. The fraction of sp³-hybridized carbons (Fsp3) is 0.471. The minimum absolute atomic E-state index is 0.0624. The third kappa shape index (κ3) is 6.43. The molecule has 0 saturated heterocycles. The number of hydrogen-bond acceptors (Lipinski definition) is 8. The first-order valence-electron chi connectivity index (χ1n) is 8.68. The summed E-state index contributed by atoms with van der Waals surface area (Å²) in [5.74, 6) is 1.04. The van der Waals surface area contributed by atoms with Crippen LogP contribution in [0.4, 0.5) is 5.13 Å². The number of hydrogen-bond donors (Lipinski definition) is 2. The van der Waals surface area contributed by atoms with Gasteiger partial charge >= 0.3 is 0 Å². The average molecular weight is 445 g/mol. The Morgan fingerprint density at radius 1 is 1.25 bits per heavy atom. The van der Waals surface area contributed by atoms with Gasteiger partial charge in [-0.15, -0.1) is 10.2 Å². The van der Waals surface area contributed by atoms with Crippen LogP contribution in [0.1, 0.15) is 27.2 Å². The summed E-state index contributed by atoms with van der Waals surface area (Å²) in [5, 5.41) is 10.9. The molecule has 0 radical (unpaired) electrons. The van der Waals surface area contributed by atoms with Crippen LogP contribution in [0.15, 0.2) is 33.5 Å². The lowest BCUT2D eigenvalue weighted by Gasteiger charge is -2.19. The van der Waals surface area contributed by atoms with E-state index in [2.05, 4.69) is 20.2 Å². The zero-order valence-corrected chi connectivity index (χ0v) is 18.6. The van der Waals surface area contributed by atoms with Crippen molar-refractivity contribution in [1.82, 2.24) is 14.9 Å². The van der Waals surface area contributed by atoms with Crippen LogP contribution in [0, 0.1) is 5.92 Å². The van der Waals surface area contributed by atoms with E-state index in [0.717, 1.165) is 10.1 Å². The summed E-state index contributed by atoms with van der Waals surface area (Å²) < 4.78 is 33.7. The van der Waals surface area contributed by atoms with Crippen LogP contribution in [-0.2, 0) is 14.8 Å². The van der Waals surface area contributed by atoms with Crippen LogP contribution in [-0.4, -0.2) is 43.4 Å². The fourth-order valence-corrected chi connectivity index (χ4v) is 5.19. The number of anilines is 1. The van der Waals surface area contributed by atoms with Gasteiger partial charge < -0.3 is 4.74 Å². The predicted octanol–water partition coefficient (Wildman–Crippen LogP) is 2.99. The molecule has 28 heavy (non-hydrogen) atoms. The van der Waals surface area contributed by atoms with Crippen LogP contribution in [0.5, 0.6) is 5.75 Å². The molecule has 0 bridgehead atoms. The lowest BCUT2D eigenvalue weighted by molar-refractivity contribution is -0.118. The van der Waals surface area contributed by atoms with Crippen molar-refractivity contribution in [2.75, 3.05) is 18.2 Å². The monoisotopic (exact) mass is 444 g/mol. The highest BCUT2D eigenvalue weighted by Crippen LogP contribution is 2.25. The molecule has 2 N–H and O–H groups in total. The van der Waals surface area contributed by atoms with Crippen LogP contribution in [0.25, 0.3) is 0 Å². The summed E-state index contributed by atoms with van der Waals surface area (Å²) in [5.41, 5.74) is 0. The minimum atomic E-state index is -3.87. The van der Waals surface area contributed by atoms with E-state index in [1.165, 1.54) is 42.3 Å². The zero-order chi connectivity index (χ0) is 20.7. The molecule has 0 aliphatic carbocycles. The van der Waals surface area contributed by atoms with Crippen molar-refractivity contribution >= 4 is 44.2 Å². The maximum atomic E-state index is 12.7. The van der Waals surface area contributed by atoms with E-state index >= 15 is 0 Å². The van der Waals surface area contributed by atoms with Gasteiger partial charge in [0.15, 0.2) is 4.34 Å². The molecule has 154 valence electrons. The number of aromatic nitrogens is 2. The quantitative estimate of drug-likeness (QED) is 0.428. The van der Waals surface area contributed by atoms with Gasteiger partial charge in [-0.1, -0.05) is 43.9 Å². The van der Waals surface area contributed by atoms with E-state index in [9.17, 15) is 13.2 Å². The van der Waals surface area contributed by atoms with Crippen molar-refractivity contribution in [3.8, 4) is 5.75 Å². The molecule has 1 atom stereocenters. The number of sulfonamides is 1. The van der Waals surface area contributed by atoms with Gasteiger partial charge in [-0.3, -0.25) is 10.1 Å². The summed E-state index contributed by atoms with van der Waals surface area (Å²) in [6.45, 7) is 5.84. The number of nitrogens with one attached hydrogen (secondary N) is 2. The maximum absolute atomic E-state index is 12.7. The summed E-state index contributed by atoms with van der Waals surface area (Å²) in [6.07, 6.45) is 0.344. The lowest BCUT2D eigenvalue weighted by atomic mass is 10.0. The third-order valence-electron chi connectivity index (χ3n) is 3.60. The Kier molecular flexibility index (Phi) is 8.23. The Balaban J connectivity index is 2.15. The Morgan fingerprint density at radius 2 is 1.93 bits per heavy atom. The van der Waals surface area contributed by atoms with Gasteiger partial charge in [0.2, 0.25) is 21.1 Å². The smallest absolute Gasteiger partial charge is 0.244 e. The number of ether oxygens (including phenoxy) is 1. The van der Waals surface area contributed by atoms with Gasteiger partial charge in [0.25, 0.3) is 0 Å². The predicted molar refractivity (Wildman–Crippen MR) is 111 cm³/mol. The molecule has 2 rings (SSSR count). The SMILES string of the molecule is CCSc1nnc(NC(=O)[C@@H](CC(C)C)NS(=O)(=O)c2ccc(OC)cc2)s1. The largest absolute Gasteiger partial charge is 0.497 e. The summed E-state index contributed by atoms with van der Waals surface area (Å²) in [6, 6.07) is 5.05. The highest BCUT2D eigenvalue weighted by molar-refractivity contribution is 8.01. The van der Waals surface area contributed by atoms with Crippen molar-refractivity contribution in [2.45, 2.75) is 42.5 Å². The first kappa shape index (κ1) is 22.6. The summed E-state index contributed by atoms with van der Waals surface area (Å²) in [4.78, 5) is 12.8. The lowest BCUT2D eigenvalue weighted by Crippen LogP contribution is -2.44. The highest BCUT2D eigenvalue weighted by Gasteiger charge is 2.27. The van der Waals surface area contributed by atoms with E-state index in [1.54, 1.807) is 12.1 Å². The number of thioether (sulfide) groups is 1. The van der Waals surface area contributed by atoms with Crippen LogP contribution < -0.4 is 14.8 Å². The van der Waals surface area contributed by atoms with Crippen molar-refractivity contribution < 1.29 is 17.9 Å². The molecular weight excluding hydrogens is 420 g/mol. The van der Waals surface area contributed by atoms with Crippen LogP contribution in [0.3, 0.4) is 0 Å². The number of benzene rings is 1. The second kappa shape index (κ2) is 10.2. The number of carbonyl (C=O) groups is 1. The summed E-state index contributed by atoms with van der Waals surface area (Å²) >= 11 is 2.78. The maximum Gasteiger partial charge on any atom is 0.244 e. The van der Waals surface area contributed by atoms with Gasteiger partial charge in [-0.05, 0) is 42.4 Å². The van der Waals surface area contributed by atoms with Crippen molar-refractivity contribution in [1.29, 1.82) is 0 Å². The van der Waals surface area contributed by atoms with Gasteiger partial charge in [-0.2, -0.15) is 4.72 Å². The Labute approximate surface area is 173 Å². The van der Waals surface area contributed by atoms with Crippen LogP contribution >= 0.6 is 23.1 Å². The fourth-order valence-electron chi connectivity index (χ4n) is 2.32.